The zero-order valence-corrected chi connectivity index (χ0v) is 9.39. The molecule has 1 aromatic carbocycles. The number of pyridine rings is 1. The molecule has 3 nitrogen and oxygen atoms in total. The SMILES string of the molecule is CC(Nc1cccc(O)c1)c1cncc(F)c1. The molecule has 1 unspecified atom stereocenters. The molecule has 17 heavy (non-hydrogen) atoms. The Bertz CT molecular complexity index is 516. The van der Waals surface area contributed by atoms with Gasteiger partial charge in [0.2, 0.25) is 0 Å². The fourth-order valence-corrected chi connectivity index (χ4v) is 1.59. The number of hydrogen-bond acceptors (Lipinski definition) is 3. The van der Waals surface area contributed by atoms with Crippen molar-refractivity contribution in [3.63, 3.8) is 0 Å². The molecule has 0 aliphatic heterocycles. The Morgan fingerprint density at radius 2 is 2.12 bits per heavy atom. The molecular formula is C13H13FN2O. The van der Waals surface area contributed by atoms with Gasteiger partial charge in [-0.1, -0.05) is 6.07 Å². The van der Waals surface area contributed by atoms with Crippen molar-refractivity contribution in [3.05, 3.63) is 54.1 Å². The number of hydrogen-bond donors (Lipinski definition) is 2. The quantitative estimate of drug-likeness (QED) is 0.854. The van der Waals surface area contributed by atoms with E-state index in [4.69, 9.17) is 0 Å². The van der Waals surface area contributed by atoms with E-state index in [1.54, 1.807) is 24.4 Å². The Morgan fingerprint density at radius 3 is 2.82 bits per heavy atom. The molecule has 0 saturated heterocycles. The summed E-state index contributed by atoms with van der Waals surface area (Å²) >= 11 is 0. The van der Waals surface area contributed by atoms with Crippen LogP contribution in [0.15, 0.2) is 42.7 Å². The maximum absolute atomic E-state index is 13.0. The van der Waals surface area contributed by atoms with Crippen molar-refractivity contribution in [2.24, 2.45) is 0 Å². The summed E-state index contributed by atoms with van der Waals surface area (Å²) in [5.41, 5.74) is 1.54. The third-order valence-corrected chi connectivity index (χ3v) is 2.46. The van der Waals surface area contributed by atoms with Crippen LogP contribution in [0.1, 0.15) is 18.5 Å². The van der Waals surface area contributed by atoms with Crippen LogP contribution < -0.4 is 5.32 Å². The molecule has 0 bridgehead atoms. The van der Waals surface area contributed by atoms with Gasteiger partial charge in [0.25, 0.3) is 0 Å². The highest BCUT2D eigenvalue weighted by molar-refractivity contribution is 5.49. The lowest BCUT2D eigenvalue weighted by molar-refractivity contribution is 0.475. The Labute approximate surface area is 98.9 Å². The molecule has 0 aliphatic carbocycles. The monoisotopic (exact) mass is 232 g/mol. The molecule has 1 heterocycles. The van der Waals surface area contributed by atoms with Gasteiger partial charge in [-0.15, -0.1) is 0 Å². The molecule has 0 saturated carbocycles. The molecule has 0 spiro atoms. The van der Waals surface area contributed by atoms with E-state index in [2.05, 4.69) is 10.3 Å². The Balaban J connectivity index is 2.14. The number of rotatable bonds is 3. The average molecular weight is 232 g/mol. The van der Waals surface area contributed by atoms with Crippen LogP contribution in [0.4, 0.5) is 10.1 Å². The summed E-state index contributed by atoms with van der Waals surface area (Å²) in [6.07, 6.45) is 2.79. The first-order valence-corrected chi connectivity index (χ1v) is 5.31. The van der Waals surface area contributed by atoms with E-state index in [1.165, 1.54) is 12.3 Å². The number of phenols is 1. The van der Waals surface area contributed by atoms with E-state index in [-0.39, 0.29) is 17.6 Å². The van der Waals surface area contributed by atoms with Gasteiger partial charge in [-0.05, 0) is 30.7 Å². The van der Waals surface area contributed by atoms with E-state index < -0.39 is 0 Å². The first-order valence-electron chi connectivity index (χ1n) is 5.31. The predicted octanol–water partition coefficient (Wildman–Crippen LogP) is 3.10. The average Bonchev–Trinajstić information content (AvgIpc) is 2.29. The van der Waals surface area contributed by atoms with Crippen LogP contribution in [0, 0.1) is 5.82 Å². The van der Waals surface area contributed by atoms with E-state index in [9.17, 15) is 9.50 Å². The molecule has 2 aromatic rings. The summed E-state index contributed by atoms with van der Waals surface area (Å²) in [5.74, 6) is -0.161. The standard InChI is InChI=1S/C13H13FN2O/c1-9(10-5-11(14)8-15-7-10)16-12-3-2-4-13(17)6-12/h2-9,16-17H,1H3. The molecule has 2 rings (SSSR count). The molecular weight excluding hydrogens is 219 g/mol. The summed E-state index contributed by atoms with van der Waals surface area (Å²) in [4.78, 5) is 3.80. The summed E-state index contributed by atoms with van der Waals surface area (Å²) < 4.78 is 13.0. The molecule has 0 amide bonds. The normalized spacial score (nSPS) is 12.1. The Kier molecular flexibility index (Phi) is 3.23. The van der Waals surface area contributed by atoms with Gasteiger partial charge in [0.15, 0.2) is 0 Å². The van der Waals surface area contributed by atoms with Gasteiger partial charge in [-0.3, -0.25) is 4.98 Å². The minimum absolute atomic E-state index is 0.0833. The topological polar surface area (TPSA) is 45.1 Å². The number of anilines is 1. The molecule has 88 valence electrons. The third-order valence-electron chi connectivity index (χ3n) is 2.46. The molecule has 4 heteroatoms. The van der Waals surface area contributed by atoms with Gasteiger partial charge in [0, 0.05) is 18.0 Å². The highest BCUT2D eigenvalue weighted by Crippen LogP contribution is 2.21. The Morgan fingerprint density at radius 1 is 1.29 bits per heavy atom. The number of benzene rings is 1. The van der Waals surface area contributed by atoms with Crippen LogP contribution in [-0.4, -0.2) is 10.1 Å². The Hall–Kier alpha value is -2.10. The number of aromatic hydroxyl groups is 1. The highest BCUT2D eigenvalue weighted by Gasteiger charge is 2.06. The van der Waals surface area contributed by atoms with Crippen molar-refractivity contribution >= 4 is 5.69 Å². The van der Waals surface area contributed by atoms with Crippen molar-refractivity contribution in [2.75, 3.05) is 5.32 Å². The number of aromatic nitrogens is 1. The second-order valence-corrected chi connectivity index (χ2v) is 3.85. The third kappa shape index (κ3) is 2.93. The summed E-state index contributed by atoms with van der Waals surface area (Å²) in [5, 5.41) is 12.5. The fourth-order valence-electron chi connectivity index (χ4n) is 1.59. The second-order valence-electron chi connectivity index (χ2n) is 3.85. The molecule has 0 radical (unpaired) electrons. The predicted molar refractivity (Wildman–Crippen MR) is 64.3 cm³/mol. The van der Waals surface area contributed by atoms with E-state index in [1.807, 2.05) is 13.0 Å². The van der Waals surface area contributed by atoms with Crippen LogP contribution in [0.5, 0.6) is 5.75 Å². The lowest BCUT2D eigenvalue weighted by Crippen LogP contribution is -2.07. The lowest BCUT2D eigenvalue weighted by Gasteiger charge is -2.15. The summed E-state index contributed by atoms with van der Waals surface area (Å²) in [7, 11) is 0. The maximum atomic E-state index is 13.0. The fraction of sp³-hybridized carbons (Fsp3) is 0.154. The van der Waals surface area contributed by atoms with Crippen LogP contribution >= 0.6 is 0 Å². The highest BCUT2D eigenvalue weighted by atomic mass is 19.1. The minimum atomic E-state index is -0.355. The first-order chi connectivity index (χ1) is 8.15. The summed E-state index contributed by atoms with van der Waals surface area (Å²) in [6, 6.07) is 8.15. The molecule has 2 N–H and O–H groups in total. The summed E-state index contributed by atoms with van der Waals surface area (Å²) in [6.45, 7) is 1.90. The van der Waals surface area contributed by atoms with Gasteiger partial charge in [0.05, 0.1) is 12.2 Å². The van der Waals surface area contributed by atoms with Crippen molar-refractivity contribution in [2.45, 2.75) is 13.0 Å². The van der Waals surface area contributed by atoms with Crippen molar-refractivity contribution in [1.29, 1.82) is 0 Å². The molecule has 1 aromatic heterocycles. The number of phenolic OH excluding ortho intramolecular Hbond substituents is 1. The molecule has 0 aliphatic rings. The van der Waals surface area contributed by atoms with Gasteiger partial charge in [-0.25, -0.2) is 4.39 Å². The zero-order valence-electron chi connectivity index (χ0n) is 9.39. The van der Waals surface area contributed by atoms with Gasteiger partial charge in [0.1, 0.15) is 11.6 Å². The van der Waals surface area contributed by atoms with Crippen molar-refractivity contribution in [3.8, 4) is 5.75 Å². The van der Waals surface area contributed by atoms with Crippen molar-refractivity contribution < 1.29 is 9.50 Å². The lowest BCUT2D eigenvalue weighted by atomic mass is 10.1. The van der Waals surface area contributed by atoms with E-state index in [0.29, 0.717) is 0 Å². The van der Waals surface area contributed by atoms with Crippen LogP contribution in [0.25, 0.3) is 0 Å². The largest absolute Gasteiger partial charge is 0.508 e. The number of halogens is 1. The van der Waals surface area contributed by atoms with Gasteiger partial charge >= 0.3 is 0 Å². The van der Waals surface area contributed by atoms with Crippen LogP contribution in [0.2, 0.25) is 0 Å². The van der Waals surface area contributed by atoms with Gasteiger partial charge < -0.3 is 10.4 Å². The van der Waals surface area contributed by atoms with E-state index >= 15 is 0 Å². The molecule has 1 atom stereocenters. The minimum Gasteiger partial charge on any atom is -0.508 e. The smallest absolute Gasteiger partial charge is 0.141 e. The second kappa shape index (κ2) is 4.82. The van der Waals surface area contributed by atoms with Gasteiger partial charge in [-0.2, -0.15) is 0 Å². The van der Waals surface area contributed by atoms with E-state index in [0.717, 1.165) is 11.3 Å². The zero-order chi connectivity index (χ0) is 12.3. The van der Waals surface area contributed by atoms with Crippen molar-refractivity contribution in [1.82, 2.24) is 4.98 Å². The number of nitrogens with zero attached hydrogens (tertiary/aromatic N) is 1. The maximum Gasteiger partial charge on any atom is 0.141 e. The first kappa shape index (κ1) is 11.4. The molecule has 0 fully saturated rings. The van der Waals surface area contributed by atoms with Crippen LogP contribution in [0.3, 0.4) is 0 Å². The number of nitrogens with one attached hydrogen (secondary N) is 1. The van der Waals surface area contributed by atoms with Crippen LogP contribution in [-0.2, 0) is 0 Å².